The minimum atomic E-state index is -0.634. The zero-order chi connectivity index (χ0) is 25.3. The molecule has 5 rings (SSSR count). The van der Waals surface area contributed by atoms with E-state index < -0.39 is 11.7 Å². The molecular weight excluding hydrogens is 450 g/mol. The first kappa shape index (κ1) is 24.8. The van der Waals surface area contributed by atoms with Crippen molar-refractivity contribution < 1.29 is 14.3 Å². The highest BCUT2D eigenvalue weighted by Gasteiger charge is 2.32. The maximum Gasteiger partial charge on any atom is 0.417 e. The molecule has 0 atom stereocenters. The van der Waals surface area contributed by atoms with Gasteiger partial charge in [0.1, 0.15) is 11.9 Å². The Balaban J connectivity index is 1.31. The van der Waals surface area contributed by atoms with Crippen molar-refractivity contribution in [2.24, 2.45) is 5.92 Å². The fraction of sp³-hybridized carbons (Fsp3) is 0.567. The van der Waals surface area contributed by atoms with E-state index in [0.717, 1.165) is 36.6 Å². The number of aromatic nitrogens is 2. The number of aryl methyl sites for hydroxylation is 2. The highest BCUT2D eigenvalue weighted by atomic mass is 16.6. The van der Waals surface area contributed by atoms with Gasteiger partial charge in [0.05, 0.1) is 17.1 Å². The number of carbonyl (C=O) groups is 2. The van der Waals surface area contributed by atoms with Crippen LogP contribution in [0, 0.1) is 5.92 Å². The minimum Gasteiger partial charge on any atom is -0.443 e. The van der Waals surface area contributed by atoms with Crippen LogP contribution in [0.25, 0.3) is 11.8 Å². The molecule has 36 heavy (non-hydrogen) atoms. The monoisotopic (exact) mass is 489 g/mol. The maximum atomic E-state index is 13.1. The molecule has 2 amide bonds. The highest BCUT2D eigenvalue weighted by molar-refractivity contribution is 6.05. The SMILES string of the molecule is CC(C)(C)OC(=O)N1CCCC(=Cc2ncn3c2CCc2cc(CCC4CCCCC4)ccc2-3)C1=O. The highest BCUT2D eigenvalue weighted by Crippen LogP contribution is 2.31. The molecule has 3 aliphatic rings. The second-order valence-electron chi connectivity index (χ2n) is 11.7. The molecule has 6 heteroatoms. The molecule has 1 saturated carbocycles. The lowest BCUT2D eigenvalue weighted by atomic mass is 9.85. The van der Waals surface area contributed by atoms with Gasteiger partial charge in [0.15, 0.2) is 0 Å². The Morgan fingerprint density at radius 3 is 2.69 bits per heavy atom. The average Bonchev–Trinajstić information content (AvgIpc) is 3.26. The Bertz CT molecular complexity index is 1160. The predicted molar refractivity (Wildman–Crippen MR) is 141 cm³/mol. The van der Waals surface area contributed by atoms with Crippen molar-refractivity contribution in [1.82, 2.24) is 14.5 Å². The van der Waals surface area contributed by atoms with Gasteiger partial charge in [-0.1, -0.05) is 44.2 Å². The van der Waals surface area contributed by atoms with Crippen LogP contribution < -0.4 is 0 Å². The number of carbonyl (C=O) groups excluding carboxylic acids is 2. The molecule has 0 unspecified atom stereocenters. The van der Waals surface area contributed by atoms with E-state index in [1.54, 1.807) is 0 Å². The Morgan fingerprint density at radius 2 is 1.92 bits per heavy atom. The molecule has 2 aliphatic heterocycles. The Morgan fingerprint density at radius 1 is 1.11 bits per heavy atom. The van der Waals surface area contributed by atoms with Crippen molar-refractivity contribution in [3.63, 3.8) is 0 Å². The molecule has 1 saturated heterocycles. The lowest BCUT2D eigenvalue weighted by Crippen LogP contribution is -2.44. The second-order valence-corrected chi connectivity index (χ2v) is 11.7. The first-order valence-electron chi connectivity index (χ1n) is 13.7. The van der Waals surface area contributed by atoms with Gasteiger partial charge in [-0.3, -0.25) is 4.79 Å². The van der Waals surface area contributed by atoms with Crippen LogP contribution in [-0.2, 0) is 28.8 Å². The molecule has 1 aliphatic carbocycles. The number of nitrogens with zero attached hydrogens (tertiary/aromatic N) is 3. The van der Waals surface area contributed by atoms with Crippen molar-refractivity contribution in [2.75, 3.05) is 6.54 Å². The number of ether oxygens (including phenoxy) is 1. The third-order valence-corrected chi connectivity index (χ3v) is 7.77. The second kappa shape index (κ2) is 10.2. The number of likely N-dealkylation sites (tertiary alicyclic amines) is 1. The summed E-state index contributed by atoms with van der Waals surface area (Å²) in [5, 5.41) is 0. The van der Waals surface area contributed by atoms with Gasteiger partial charge in [-0.25, -0.2) is 14.7 Å². The number of piperidine rings is 1. The molecule has 0 bridgehead atoms. The minimum absolute atomic E-state index is 0.268. The number of imide groups is 1. The molecular formula is C30H39N3O3. The van der Waals surface area contributed by atoms with Crippen LogP contribution >= 0.6 is 0 Å². The van der Waals surface area contributed by atoms with E-state index in [4.69, 9.17) is 4.74 Å². The van der Waals surface area contributed by atoms with E-state index >= 15 is 0 Å². The number of benzene rings is 1. The number of rotatable bonds is 4. The molecule has 2 fully saturated rings. The predicted octanol–water partition coefficient (Wildman–Crippen LogP) is 6.42. The maximum absolute atomic E-state index is 13.1. The molecule has 2 aromatic rings. The zero-order valence-electron chi connectivity index (χ0n) is 22.0. The summed E-state index contributed by atoms with van der Waals surface area (Å²) in [6.45, 7) is 5.82. The van der Waals surface area contributed by atoms with E-state index in [9.17, 15) is 9.59 Å². The molecule has 0 spiro atoms. The first-order valence-corrected chi connectivity index (χ1v) is 13.7. The van der Waals surface area contributed by atoms with Gasteiger partial charge in [0.25, 0.3) is 5.91 Å². The molecule has 1 aromatic heterocycles. The van der Waals surface area contributed by atoms with Crippen LogP contribution in [0.15, 0.2) is 30.1 Å². The number of amides is 2. The fourth-order valence-electron chi connectivity index (χ4n) is 5.89. The smallest absolute Gasteiger partial charge is 0.417 e. The van der Waals surface area contributed by atoms with Gasteiger partial charge in [-0.15, -0.1) is 0 Å². The Labute approximate surface area is 214 Å². The summed E-state index contributed by atoms with van der Waals surface area (Å²) in [4.78, 5) is 31.5. The summed E-state index contributed by atoms with van der Waals surface area (Å²) >= 11 is 0. The quantitative estimate of drug-likeness (QED) is 0.465. The van der Waals surface area contributed by atoms with Crippen molar-refractivity contribution >= 4 is 18.1 Å². The largest absolute Gasteiger partial charge is 0.443 e. The van der Waals surface area contributed by atoms with Gasteiger partial charge < -0.3 is 9.30 Å². The summed E-state index contributed by atoms with van der Waals surface area (Å²) in [5.74, 6) is 0.635. The van der Waals surface area contributed by atoms with Crippen LogP contribution in [0.3, 0.4) is 0 Å². The summed E-state index contributed by atoms with van der Waals surface area (Å²) in [5.41, 5.74) is 5.97. The first-order chi connectivity index (χ1) is 17.3. The van der Waals surface area contributed by atoms with E-state index in [1.807, 2.05) is 33.2 Å². The molecule has 3 heterocycles. The fourth-order valence-corrected chi connectivity index (χ4v) is 5.89. The molecule has 0 radical (unpaired) electrons. The van der Waals surface area contributed by atoms with Crippen molar-refractivity contribution in [3.8, 4) is 5.69 Å². The van der Waals surface area contributed by atoms with Gasteiger partial charge in [-0.2, -0.15) is 0 Å². The van der Waals surface area contributed by atoms with E-state index in [2.05, 4.69) is 27.8 Å². The third-order valence-electron chi connectivity index (χ3n) is 7.77. The Hall–Kier alpha value is -2.89. The van der Waals surface area contributed by atoms with E-state index in [1.165, 1.54) is 66.7 Å². The number of imidazole rings is 1. The van der Waals surface area contributed by atoms with Gasteiger partial charge in [-0.05, 0) is 88.5 Å². The van der Waals surface area contributed by atoms with Gasteiger partial charge >= 0.3 is 6.09 Å². The van der Waals surface area contributed by atoms with Crippen LogP contribution in [0.2, 0.25) is 0 Å². The van der Waals surface area contributed by atoms with Crippen molar-refractivity contribution in [1.29, 1.82) is 0 Å². The standard InChI is InChI=1S/C30H39N3O3/c1-30(2,3)36-29(35)32-17-7-10-24(28(32)34)19-25-27-16-14-23-18-22(12-11-21-8-5-4-6-9-21)13-15-26(23)33(27)20-31-25/h13,15,18-21H,4-12,14,16-17H2,1-3H3. The molecule has 1 aromatic carbocycles. The molecule has 0 N–H and O–H groups in total. The van der Waals surface area contributed by atoms with Crippen LogP contribution in [-0.4, -0.2) is 38.6 Å². The number of hydrogen-bond acceptors (Lipinski definition) is 4. The third kappa shape index (κ3) is 5.42. The summed E-state index contributed by atoms with van der Waals surface area (Å²) in [6, 6.07) is 6.91. The topological polar surface area (TPSA) is 64.4 Å². The van der Waals surface area contributed by atoms with Crippen LogP contribution in [0.4, 0.5) is 4.79 Å². The van der Waals surface area contributed by atoms with E-state index in [-0.39, 0.29) is 5.91 Å². The molecule has 192 valence electrons. The summed E-state index contributed by atoms with van der Waals surface area (Å²) in [7, 11) is 0. The normalized spacial score (nSPS) is 19.8. The number of fused-ring (bicyclic) bond motifs is 3. The lowest BCUT2D eigenvalue weighted by Gasteiger charge is -2.29. The summed E-state index contributed by atoms with van der Waals surface area (Å²) in [6.07, 6.45) is 15.9. The van der Waals surface area contributed by atoms with Crippen molar-refractivity contribution in [3.05, 3.63) is 52.6 Å². The van der Waals surface area contributed by atoms with E-state index in [0.29, 0.717) is 18.5 Å². The van der Waals surface area contributed by atoms with Gasteiger partial charge in [0.2, 0.25) is 0 Å². The average molecular weight is 490 g/mol. The molecule has 6 nitrogen and oxygen atoms in total. The van der Waals surface area contributed by atoms with Crippen LogP contribution in [0.5, 0.6) is 0 Å². The summed E-state index contributed by atoms with van der Waals surface area (Å²) < 4.78 is 7.62. The van der Waals surface area contributed by atoms with Crippen LogP contribution in [0.1, 0.15) is 94.7 Å². The Kier molecular flexibility index (Phi) is 7.05. The van der Waals surface area contributed by atoms with Crippen molar-refractivity contribution in [2.45, 2.75) is 97.0 Å². The number of hydrogen-bond donors (Lipinski definition) is 0. The lowest BCUT2D eigenvalue weighted by molar-refractivity contribution is -0.127. The zero-order valence-corrected chi connectivity index (χ0v) is 22.0. The van der Waals surface area contributed by atoms with Gasteiger partial charge in [0, 0.05) is 12.1 Å².